The van der Waals surface area contributed by atoms with Gasteiger partial charge < -0.3 is 10.6 Å². The van der Waals surface area contributed by atoms with E-state index in [9.17, 15) is 4.79 Å². The van der Waals surface area contributed by atoms with E-state index < -0.39 is 0 Å². The molecule has 1 fully saturated rings. The van der Waals surface area contributed by atoms with Crippen LogP contribution in [0.25, 0.3) is 11.1 Å². The summed E-state index contributed by atoms with van der Waals surface area (Å²) in [5.74, 6) is 0.573. The zero-order valence-corrected chi connectivity index (χ0v) is 16.7. The molecule has 0 unspecified atom stereocenters. The van der Waals surface area contributed by atoms with Crippen LogP contribution in [-0.2, 0) is 0 Å². The molecule has 4 rings (SSSR count). The minimum atomic E-state index is -0.117. The number of aryl methyl sites for hydroxylation is 1. The van der Waals surface area contributed by atoms with E-state index in [1.807, 2.05) is 67.8 Å². The lowest BCUT2D eigenvalue weighted by atomic mass is 9.96. The number of amides is 1. The van der Waals surface area contributed by atoms with Crippen molar-refractivity contribution in [3.05, 3.63) is 72.1 Å². The van der Waals surface area contributed by atoms with E-state index >= 15 is 0 Å². The van der Waals surface area contributed by atoms with Gasteiger partial charge >= 0.3 is 0 Å². The Kier molecular flexibility index (Phi) is 5.84. The first-order valence-electron chi connectivity index (χ1n) is 10.2. The second-order valence-corrected chi connectivity index (χ2v) is 7.62. The van der Waals surface area contributed by atoms with Gasteiger partial charge in [0.2, 0.25) is 5.95 Å². The maximum atomic E-state index is 12.5. The lowest BCUT2D eigenvalue weighted by molar-refractivity contribution is 0.102. The third kappa shape index (κ3) is 4.80. The minimum absolute atomic E-state index is 0.117. The molecule has 5 nitrogen and oxygen atoms in total. The van der Waals surface area contributed by atoms with Crippen LogP contribution >= 0.6 is 0 Å². The van der Waals surface area contributed by atoms with Crippen molar-refractivity contribution >= 4 is 17.5 Å². The fraction of sp³-hybridized carbons (Fsp3) is 0.292. The van der Waals surface area contributed by atoms with Gasteiger partial charge in [-0.25, -0.2) is 9.97 Å². The van der Waals surface area contributed by atoms with Gasteiger partial charge in [-0.05, 0) is 49.1 Å². The Hall–Kier alpha value is -3.21. The minimum Gasteiger partial charge on any atom is -0.351 e. The predicted molar refractivity (Wildman–Crippen MR) is 117 cm³/mol. The largest absolute Gasteiger partial charge is 0.351 e. The zero-order chi connectivity index (χ0) is 20.1. The third-order valence-electron chi connectivity index (χ3n) is 5.46. The molecule has 2 aromatic carbocycles. The Labute approximate surface area is 171 Å². The zero-order valence-electron chi connectivity index (χ0n) is 16.7. The van der Waals surface area contributed by atoms with Gasteiger partial charge in [0.05, 0.1) is 0 Å². The molecule has 1 saturated carbocycles. The first-order valence-corrected chi connectivity index (χ1v) is 10.2. The highest BCUT2D eigenvalue weighted by molar-refractivity contribution is 6.04. The van der Waals surface area contributed by atoms with Gasteiger partial charge in [-0.3, -0.25) is 4.79 Å². The molecule has 0 aliphatic heterocycles. The molecule has 3 aromatic rings. The van der Waals surface area contributed by atoms with E-state index in [2.05, 4.69) is 20.6 Å². The molecular weight excluding hydrogens is 360 g/mol. The number of hydrogen-bond acceptors (Lipinski definition) is 4. The number of carbonyl (C=O) groups is 1. The Morgan fingerprint density at radius 2 is 1.59 bits per heavy atom. The number of anilines is 2. The van der Waals surface area contributed by atoms with Gasteiger partial charge in [0.15, 0.2) is 0 Å². The molecule has 0 bridgehead atoms. The topological polar surface area (TPSA) is 66.9 Å². The second kappa shape index (κ2) is 8.86. The molecule has 29 heavy (non-hydrogen) atoms. The number of benzene rings is 2. The van der Waals surface area contributed by atoms with Gasteiger partial charge in [-0.1, -0.05) is 49.6 Å². The molecule has 1 aliphatic rings. The standard InChI is InChI=1S/C24H26N4O/c1-17-7-5-6-10-22(17)28-23(29)19-13-11-18(12-14-19)20-15-25-24(26-16-20)27-21-8-3-2-4-9-21/h5-7,10-16,21H,2-4,8-9H2,1H3,(H,28,29)(H,25,26,27). The second-order valence-electron chi connectivity index (χ2n) is 7.62. The number of carbonyl (C=O) groups excluding carboxylic acids is 1. The van der Waals surface area contributed by atoms with Crippen LogP contribution < -0.4 is 10.6 Å². The Morgan fingerprint density at radius 1 is 0.897 bits per heavy atom. The molecular formula is C24H26N4O. The van der Waals surface area contributed by atoms with Crippen LogP contribution in [0.1, 0.15) is 48.0 Å². The van der Waals surface area contributed by atoms with E-state index in [4.69, 9.17) is 0 Å². The van der Waals surface area contributed by atoms with Crippen LogP contribution in [0.2, 0.25) is 0 Å². The van der Waals surface area contributed by atoms with Gasteiger partial charge in [0.25, 0.3) is 5.91 Å². The fourth-order valence-electron chi connectivity index (χ4n) is 3.70. The van der Waals surface area contributed by atoms with E-state index in [1.54, 1.807) is 0 Å². The highest BCUT2D eigenvalue weighted by Gasteiger charge is 2.14. The Balaban J connectivity index is 1.40. The quantitative estimate of drug-likeness (QED) is 0.612. The summed E-state index contributed by atoms with van der Waals surface area (Å²) in [7, 11) is 0. The maximum Gasteiger partial charge on any atom is 0.255 e. The molecule has 5 heteroatoms. The average Bonchev–Trinajstić information content (AvgIpc) is 2.77. The van der Waals surface area contributed by atoms with Crippen LogP contribution in [0.5, 0.6) is 0 Å². The average molecular weight is 386 g/mol. The van der Waals surface area contributed by atoms with Gasteiger partial charge in [0, 0.05) is 35.2 Å². The van der Waals surface area contributed by atoms with E-state index in [0.29, 0.717) is 17.6 Å². The fourth-order valence-corrected chi connectivity index (χ4v) is 3.70. The first kappa shape index (κ1) is 19.1. The van der Waals surface area contributed by atoms with Crippen molar-refractivity contribution in [1.82, 2.24) is 9.97 Å². The van der Waals surface area contributed by atoms with Gasteiger partial charge in [-0.2, -0.15) is 0 Å². The molecule has 148 valence electrons. The van der Waals surface area contributed by atoms with Crippen molar-refractivity contribution in [2.45, 2.75) is 45.1 Å². The van der Waals surface area contributed by atoms with E-state index in [1.165, 1.54) is 32.1 Å². The highest BCUT2D eigenvalue weighted by atomic mass is 16.1. The number of para-hydroxylation sites is 1. The summed E-state index contributed by atoms with van der Waals surface area (Å²) >= 11 is 0. The lowest BCUT2D eigenvalue weighted by Gasteiger charge is -2.22. The monoisotopic (exact) mass is 386 g/mol. The van der Waals surface area contributed by atoms with E-state index in [0.717, 1.165) is 22.4 Å². The summed E-state index contributed by atoms with van der Waals surface area (Å²) in [4.78, 5) is 21.4. The molecule has 1 amide bonds. The number of nitrogens with zero attached hydrogens (tertiary/aromatic N) is 2. The van der Waals surface area contributed by atoms with Crippen molar-refractivity contribution in [2.24, 2.45) is 0 Å². The normalized spacial score (nSPS) is 14.4. The van der Waals surface area contributed by atoms with Crippen molar-refractivity contribution < 1.29 is 4.79 Å². The lowest BCUT2D eigenvalue weighted by Crippen LogP contribution is -2.23. The summed E-state index contributed by atoms with van der Waals surface area (Å²) in [5, 5.41) is 6.40. The smallest absolute Gasteiger partial charge is 0.255 e. The van der Waals surface area contributed by atoms with Crippen LogP contribution in [0.15, 0.2) is 60.9 Å². The molecule has 1 aliphatic carbocycles. The van der Waals surface area contributed by atoms with Gasteiger partial charge in [-0.15, -0.1) is 0 Å². The Bertz CT molecular complexity index is 961. The number of rotatable bonds is 5. The maximum absolute atomic E-state index is 12.5. The molecule has 0 radical (unpaired) electrons. The molecule has 1 aromatic heterocycles. The summed E-state index contributed by atoms with van der Waals surface area (Å²) in [6.07, 6.45) is 9.94. The molecule has 1 heterocycles. The predicted octanol–water partition coefficient (Wildman–Crippen LogP) is 5.45. The summed E-state index contributed by atoms with van der Waals surface area (Å²) in [6, 6.07) is 15.8. The van der Waals surface area contributed by atoms with Crippen molar-refractivity contribution in [1.29, 1.82) is 0 Å². The summed E-state index contributed by atoms with van der Waals surface area (Å²) in [6.45, 7) is 1.98. The SMILES string of the molecule is Cc1ccccc1NC(=O)c1ccc(-c2cnc(NC3CCCCC3)nc2)cc1. The van der Waals surface area contributed by atoms with Crippen molar-refractivity contribution in [2.75, 3.05) is 10.6 Å². The number of hydrogen-bond donors (Lipinski definition) is 2. The van der Waals surface area contributed by atoms with Crippen molar-refractivity contribution in [3.63, 3.8) is 0 Å². The molecule has 0 saturated heterocycles. The molecule has 0 spiro atoms. The van der Waals surface area contributed by atoms with E-state index in [-0.39, 0.29) is 5.91 Å². The first-order chi connectivity index (χ1) is 14.2. The summed E-state index contributed by atoms with van der Waals surface area (Å²) < 4.78 is 0. The van der Waals surface area contributed by atoms with Crippen molar-refractivity contribution in [3.8, 4) is 11.1 Å². The van der Waals surface area contributed by atoms with Crippen LogP contribution in [0.4, 0.5) is 11.6 Å². The van der Waals surface area contributed by atoms with Crippen LogP contribution in [-0.4, -0.2) is 21.9 Å². The van der Waals surface area contributed by atoms with Gasteiger partial charge in [0.1, 0.15) is 0 Å². The third-order valence-corrected chi connectivity index (χ3v) is 5.46. The van der Waals surface area contributed by atoms with Crippen LogP contribution in [0, 0.1) is 6.92 Å². The van der Waals surface area contributed by atoms with Crippen LogP contribution in [0.3, 0.4) is 0 Å². The molecule has 2 N–H and O–H groups in total. The number of nitrogens with one attached hydrogen (secondary N) is 2. The molecule has 0 atom stereocenters. The summed E-state index contributed by atoms with van der Waals surface area (Å²) in [5.41, 5.74) is 4.41. The Morgan fingerprint density at radius 3 is 2.28 bits per heavy atom. The number of aromatic nitrogens is 2. The highest BCUT2D eigenvalue weighted by Crippen LogP contribution is 2.22.